The summed E-state index contributed by atoms with van der Waals surface area (Å²) in [5.74, 6) is 0.0724. The van der Waals surface area contributed by atoms with Crippen molar-refractivity contribution in [3.8, 4) is 34.4 Å². The topological polar surface area (TPSA) is 129 Å². The number of aromatic nitrogens is 1. The number of hydrogen-bond acceptors (Lipinski definition) is 7. The van der Waals surface area contributed by atoms with Gasteiger partial charge in [-0.25, -0.2) is 4.98 Å². The average molecular weight is 518 g/mol. The number of ether oxygens (including phenoxy) is 1. The normalized spacial score (nSPS) is 14.5. The minimum absolute atomic E-state index is 0.0264. The third-order valence-electron chi connectivity index (χ3n) is 6.46. The summed E-state index contributed by atoms with van der Waals surface area (Å²) in [6, 6.07) is 17.2. The Hall–Kier alpha value is -3.90. The number of aliphatic hydroxyl groups excluding tert-OH is 1. The second-order valence-electron chi connectivity index (χ2n) is 8.75. The van der Waals surface area contributed by atoms with Crippen LogP contribution in [-0.4, -0.2) is 40.9 Å². The molecule has 0 bridgehead atoms. The SMILES string of the molecule is N#Cc1c2c(cc3nc(-c4cccc(-c5cccc(OCCO)c5)c4Cl)oc13)C(NCCC(=O)O)CC2. The molecule has 5 rings (SSSR count). The third-order valence-corrected chi connectivity index (χ3v) is 6.86. The van der Waals surface area contributed by atoms with Gasteiger partial charge in [0.1, 0.15) is 29.5 Å². The lowest BCUT2D eigenvalue weighted by atomic mass is 10.0. The number of oxazole rings is 1. The maximum Gasteiger partial charge on any atom is 0.304 e. The molecule has 0 amide bonds. The van der Waals surface area contributed by atoms with Crippen molar-refractivity contribution in [3.05, 3.63) is 70.2 Å². The molecule has 1 aliphatic carbocycles. The molecule has 1 aliphatic rings. The summed E-state index contributed by atoms with van der Waals surface area (Å²) >= 11 is 6.84. The smallest absolute Gasteiger partial charge is 0.304 e. The number of carboxylic acids is 1. The molecule has 0 fully saturated rings. The number of halogens is 1. The van der Waals surface area contributed by atoms with Crippen LogP contribution in [0.2, 0.25) is 5.02 Å². The Morgan fingerprint density at radius 1 is 1.24 bits per heavy atom. The number of nitriles is 1. The lowest BCUT2D eigenvalue weighted by Crippen LogP contribution is -2.22. The maximum absolute atomic E-state index is 10.9. The first-order valence-electron chi connectivity index (χ1n) is 11.9. The van der Waals surface area contributed by atoms with Crippen molar-refractivity contribution in [2.24, 2.45) is 0 Å². The summed E-state index contributed by atoms with van der Waals surface area (Å²) < 4.78 is 11.7. The molecule has 188 valence electrons. The molecule has 0 spiro atoms. The molecule has 1 aromatic heterocycles. The van der Waals surface area contributed by atoms with Gasteiger partial charge in [-0.2, -0.15) is 5.26 Å². The van der Waals surface area contributed by atoms with E-state index in [1.807, 2.05) is 48.5 Å². The Balaban J connectivity index is 1.52. The molecule has 1 heterocycles. The number of benzene rings is 3. The van der Waals surface area contributed by atoms with Crippen LogP contribution < -0.4 is 10.1 Å². The van der Waals surface area contributed by atoms with Gasteiger partial charge >= 0.3 is 5.97 Å². The first kappa shape index (κ1) is 24.8. The van der Waals surface area contributed by atoms with E-state index in [-0.39, 0.29) is 25.7 Å². The van der Waals surface area contributed by atoms with Crippen LogP contribution in [0, 0.1) is 11.3 Å². The number of nitrogens with zero attached hydrogens (tertiary/aromatic N) is 2. The summed E-state index contributed by atoms with van der Waals surface area (Å²) in [5, 5.41) is 31.7. The summed E-state index contributed by atoms with van der Waals surface area (Å²) in [6.45, 7) is 0.463. The molecule has 4 aromatic rings. The lowest BCUT2D eigenvalue weighted by molar-refractivity contribution is -0.136. The molecule has 0 radical (unpaired) electrons. The van der Waals surface area contributed by atoms with E-state index in [0.29, 0.717) is 51.9 Å². The van der Waals surface area contributed by atoms with Gasteiger partial charge in [0.25, 0.3) is 0 Å². The van der Waals surface area contributed by atoms with E-state index in [2.05, 4.69) is 16.4 Å². The molecule has 8 nitrogen and oxygen atoms in total. The quantitative estimate of drug-likeness (QED) is 0.279. The molecular weight excluding hydrogens is 494 g/mol. The molecule has 37 heavy (non-hydrogen) atoms. The second kappa shape index (κ2) is 10.6. The van der Waals surface area contributed by atoms with E-state index in [9.17, 15) is 10.1 Å². The number of rotatable bonds is 9. The van der Waals surface area contributed by atoms with Crippen molar-refractivity contribution in [1.29, 1.82) is 5.26 Å². The molecule has 0 saturated carbocycles. The van der Waals surface area contributed by atoms with E-state index < -0.39 is 5.97 Å². The van der Waals surface area contributed by atoms with Gasteiger partial charge in [-0.15, -0.1) is 0 Å². The lowest BCUT2D eigenvalue weighted by Gasteiger charge is -2.13. The zero-order valence-corrected chi connectivity index (χ0v) is 20.6. The van der Waals surface area contributed by atoms with Crippen molar-refractivity contribution in [3.63, 3.8) is 0 Å². The fourth-order valence-corrected chi connectivity index (χ4v) is 5.10. The van der Waals surface area contributed by atoms with Crippen LogP contribution in [0.3, 0.4) is 0 Å². The second-order valence-corrected chi connectivity index (χ2v) is 9.13. The van der Waals surface area contributed by atoms with Gasteiger partial charge in [0.05, 0.1) is 23.6 Å². The number of carbonyl (C=O) groups is 1. The van der Waals surface area contributed by atoms with Crippen LogP contribution in [0.25, 0.3) is 33.7 Å². The minimum atomic E-state index is -0.858. The number of carboxylic acid groups (broad SMARTS) is 1. The van der Waals surface area contributed by atoms with Crippen LogP contribution >= 0.6 is 11.6 Å². The highest BCUT2D eigenvalue weighted by atomic mass is 35.5. The minimum Gasteiger partial charge on any atom is -0.491 e. The Morgan fingerprint density at radius 3 is 2.84 bits per heavy atom. The van der Waals surface area contributed by atoms with Crippen LogP contribution in [0.4, 0.5) is 0 Å². The summed E-state index contributed by atoms with van der Waals surface area (Å²) in [5.41, 5.74) is 5.49. The largest absolute Gasteiger partial charge is 0.491 e. The van der Waals surface area contributed by atoms with E-state index >= 15 is 0 Å². The number of aliphatic hydroxyl groups is 1. The fourth-order valence-electron chi connectivity index (χ4n) is 4.78. The third kappa shape index (κ3) is 4.89. The van der Waals surface area contributed by atoms with Crippen molar-refractivity contribution < 1.29 is 24.2 Å². The number of fused-ring (bicyclic) bond motifs is 2. The van der Waals surface area contributed by atoms with Crippen LogP contribution in [0.15, 0.2) is 52.9 Å². The van der Waals surface area contributed by atoms with E-state index in [4.69, 9.17) is 31.0 Å². The van der Waals surface area contributed by atoms with Gasteiger partial charge in [-0.1, -0.05) is 35.9 Å². The zero-order chi connectivity index (χ0) is 25.9. The van der Waals surface area contributed by atoms with Gasteiger partial charge in [0.2, 0.25) is 5.89 Å². The van der Waals surface area contributed by atoms with Gasteiger partial charge < -0.3 is 24.7 Å². The highest BCUT2D eigenvalue weighted by Crippen LogP contribution is 2.41. The number of aliphatic carboxylic acids is 1. The van der Waals surface area contributed by atoms with Gasteiger partial charge in [0, 0.05) is 18.2 Å². The Morgan fingerprint density at radius 2 is 2.05 bits per heavy atom. The zero-order valence-electron chi connectivity index (χ0n) is 19.8. The van der Waals surface area contributed by atoms with Crippen molar-refractivity contribution >= 4 is 28.7 Å². The highest BCUT2D eigenvalue weighted by molar-refractivity contribution is 6.36. The highest BCUT2D eigenvalue weighted by Gasteiger charge is 2.29. The molecule has 3 N–H and O–H groups in total. The van der Waals surface area contributed by atoms with E-state index in [1.165, 1.54) is 0 Å². The van der Waals surface area contributed by atoms with Gasteiger partial charge in [-0.05, 0) is 53.8 Å². The Labute approximate surface area is 218 Å². The predicted molar refractivity (Wildman–Crippen MR) is 139 cm³/mol. The van der Waals surface area contributed by atoms with E-state index in [1.54, 1.807) is 0 Å². The van der Waals surface area contributed by atoms with Crippen molar-refractivity contribution in [2.75, 3.05) is 19.8 Å². The Kier molecular flexibility index (Phi) is 7.10. The molecule has 1 unspecified atom stereocenters. The first-order valence-corrected chi connectivity index (χ1v) is 12.3. The Bertz CT molecular complexity index is 1520. The predicted octanol–water partition coefficient (Wildman–Crippen LogP) is 5.11. The summed E-state index contributed by atoms with van der Waals surface area (Å²) in [7, 11) is 0. The van der Waals surface area contributed by atoms with Crippen molar-refractivity contribution in [1.82, 2.24) is 10.3 Å². The van der Waals surface area contributed by atoms with Gasteiger partial charge in [-0.3, -0.25) is 4.79 Å². The standard InChI is InChI=1S/C28H24ClN3O5/c29-26-18(16-3-1-4-17(13-16)36-12-11-33)5-2-6-20(26)28-32-24-14-21-19(22(15-30)27(24)37-28)7-8-23(21)31-10-9-25(34)35/h1-6,13-14,23,31,33H,7-12H2,(H,34,35). The monoisotopic (exact) mass is 517 g/mol. The molecule has 0 aliphatic heterocycles. The average Bonchev–Trinajstić information content (AvgIpc) is 3.50. The maximum atomic E-state index is 10.9. The first-order chi connectivity index (χ1) is 18.0. The molecule has 9 heteroatoms. The van der Waals surface area contributed by atoms with Crippen LogP contribution in [0.1, 0.15) is 35.6 Å². The summed E-state index contributed by atoms with van der Waals surface area (Å²) in [6.07, 6.45) is 1.50. The molecule has 0 saturated heterocycles. The van der Waals surface area contributed by atoms with Crippen molar-refractivity contribution in [2.45, 2.75) is 25.3 Å². The van der Waals surface area contributed by atoms with Crippen LogP contribution in [-0.2, 0) is 11.2 Å². The molecule has 1 atom stereocenters. The molecule has 3 aromatic carbocycles. The van der Waals surface area contributed by atoms with Gasteiger partial charge in [0.15, 0.2) is 5.58 Å². The van der Waals surface area contributed by atoms with Crippen LogP contribution in [0.5, 0.6) is 5.75 Å². The van der Waals surface area contributed by atoms with E-state index in [0.717, 1.165) is 28.7 Å². The number of nitrogens with one attached hydrogen (secondary N) is 1. The fraction of sp³-hybridized carbons (Fsp3) is 0.250. The summed E-state index contributed by atoms with van der Waals surface area (Å²) in [4.78, 5) is 15.6. The molecular formula is C28H24ClN3O5. The number of hydrogen-bond donors (Lipinski definition) is 3.